The maximum atomic E-state index is 13.4. The number of hydrogen-bond donors (Lipinski definition) is 1. The minimum atomic E-state index is -0.821. The van der Waals surface area contributed by atoms with Crippen molar-refractivity contribution in [1.82, 2.24) is 19.8 Å². The predicted octanol–water partition coefficient (Wildman–Crippen LogP) is 0.983. The Hall–Kier alpha value is -4.01. The summed E-state index contributed by atoms with van der Waals surface area (Å²) in [7, 11) is 0. The molecule has 33 heavy (non-hydrogen) atoms. The van der Waals surface area contributed by atoms with Crippen molar-refractivity contribution in [3.8, 4) is 0 Å². The zero-order chi connectivity index (χ0) is 22.6. The van der Waals surface area contributed by atoms with Crippen molar-refractivity contribution >= 4 is 34.8 Å². The second-order valence-electron chi connectivity index (χ2n) is 9.19. The maximum absolute atomic E-state index is 13.4. The molecule has 0 saturated carbocycles. The van der Waals surface area contributed by atoms with E-state index in [1.165, 1.54) is 4.57 Å². The van der Waals surface area contributed by atoms with Crippen molar-refractivity contribution < 1.29 is 14.4 Å². The molecular weight excluding hydrogens is 422 g/mol. The lowest BCUT2D eigenvalue weighted by Gasteiger charge is -2.53. The number of benzene rings is 2. The highest BCUT2D eigenvalue weighted by Crippen LogP contribution is 2.61. The van der Waals surface area contributed by atoms with E-state index in [1.807, 2.05) is 30.3 Å². The van der Waals surface area contributed by atoms with E-state index in [0.29, 0.717) is 29.6 Å². The van der Waals surface area contributed by atoms with Crippen LogP contribution >= 0.6 is 0 Å². The molecule has 2 bridgehead atoms. The standard InChI is InChI=1S/C24H19N5O4/c1-12-21(32)29-16-9-5-3-7-14(16)24(23(29)27(12)11-30)10-17-20(31)26-18(24)19-25-15-8-4-2-6-13(15)22(33)28(17)19/h2-9,11-12,17-18,23H,10H2,1H3,(H,26,31)/t12-,17-,18+,23-,24-/m0/s1. The minimum absolute atomic E-state index is 0.159. The van der Waals surface area contributed by atoms with Crippen LogP contribution in [-0.2, 0) is 19.8 Å². The maximum Gasteiger partial charge on any atom is 0.262 e. The van der Waals surface area contributed by atoms with E-state index in [4.69, 9.17) is 4.98 Å². The van der Waals surface area contributed by atoms with Gasteiger partial charge in [-0.05, 0) is 37.1 Å². The normalized spacial score (nSPS) is 31.1. The molecule has 0 unspecified atom stereocenters. The molecule has 3 aromatic rings. The first-order valence-corrected chi connectivity index (χ1v) is 11.0. The SMILES string of the molecule is C[C@H]1C(=O)N2c3ccccc3[C@]3(C[C@H]4C(=O)N[C@@H]3c3nc5ccccc5c(=O)n34)[C@H]2N1C=O. The first-order chi connectivity index (χ1) is 16.0. The molecule has 2 aromatic carbocycles. The van der Waals surface area contributed by atoms with Crippen molar-refractivity contribution in [2.45, 2.75) is 43.1 Å². The number of nitrogens with zero attached hydrogens (tertiary/aromatic N) is 4. The van der Waals surface area contributed by atoms with Gasteiger partial charge < -0.3 is 10.2 Å². The van der Waals surface area contributed by atoms with Crippen molar-refractivity contribution in [2.75, 3.05) is 4.90 Å². The number of para-hydroxylation sites is 2. The number of amides is 3. The molecule has 9 heteroatoms. The number of piperidine rings is 1. The highest BCUT2D eigenvalue weighted by Gasteiger charge is 2.69. The van der Waals surface area contributed by atoms with E-state index < -0.39 is 29.7 Å². The smallest absolute Gasteiger partial charge is 0.262 e. The van der Waals surface area contributed by atoms with Crippen LogP contribution in [0.4, 0.5) is 5.69 Å². The molecule has 5 atom stereocenters. The highest BCUT2D eigenvalue weighted by atomic mass is 16.2. The van der Waals surface area contributed by atoms with E-state index >= 15 is 0 Å². The van der Waals surface area contributed by atoms with Gasteiger partial charge in [0.05, 0.1) is 16.3 Å². The Morgan fingerprint density at radius 3 is 2.67 bits per heavy atom. The zero-order valence-electron chi connectivity index (χ0n) is 17.6. The fourth-order valence-electron chi connectivity index (χ4n) is 6.50. The predicted molar refractivity (Wildman–Crippen MR) is 117 cm³/mol. The first kappa shape index (κ1) is 18.6. The van der Waals surface area contributed by atoms with Gasteiger partial charge in [-0.2, -0.15) is 0 Å². The van der Waals surface area contributed by atoms with Crippen LogP contribution in [0.3, 0.4) is 0 Å². The number of aromatic nitrogens is 2. The molecule has 1 aromatic heterocycles. The third-order valence-corrected chi connectivity index (χ3v) is 7.86. The molecule has 8 rings (SSSR count). The summed E-state index contributed by atoms with van der Waals surface area (Å²) in [6.45, 7) is 1.72. The Labute approximate surface area is 187 Å². The Bertz CT molecular complexity index is 1480. The molecule has 1 spiro atoms. The van der Waals surface area contributed by atoms with E-state index in [2.05, 4.69) is 5.32 Å². The second-order valence-corrected chi connectivity index (χ2v) is 9.19. The summed E-state index contributed by atoms with van der Waals surface area (Å²) in [6, 6.07) is 12.6. The molecule has 9 nitrogen and oxygen atoms in total. The van der Waals surface area contributed by atoms with E-state index in [0.717, 1.165) is 11.3 Å². The van der Waals surface area contributed by atoms with Gasteiger partial charge in [0, 0.05) is 5.69 Å². The number of fused-ring (bicyclic) bond motifs is 5. The van der Waals surface area contributed by atoms with Gasteiger partial charge in [-0.25, -0.2) is 4.98 Å². The molecule has 6 heterocycles. The number of carbonyl (C=O) groups excluding carboxylic acids is 3. The quantitative estimate of drug-likeness (QED) is 0.567. The third kappa shape index (κ3) is 1.93. The summed E-state index contributed by atoms with van der Waals surface area (Å²) < 4.78 is 1.51. The number of carbonyl (C=O) groups is 3. The van der Waals surface area contributed by atoms with Crippen LogP contribution in [0, 0.1) is 0 Å². The molecule has 164 valence electrons. The van der Waals surface area contributed by atoms with Gasteiger partial charge in [0.2, 0.25) is 12.3 Å². The van der Waals surface area contributed by atoms with Crippen LogP contribution in [0.25, 0.3) is 10.9 Å². The lowest BCUT2D eigenvalue weighted by molar-refractivity contribution is -0.135. The average molecular weight is 441 g/mol. The molecule has 3 amide bonds. The number of nitrogens with one attached hydrogen (secondary N) is 1. The molecule has 2 fully saturated rings. The summed E-state index contributed by atoms with van der Waals surface area (Å²) in [5.74, 6) is 0.0559. The summed E-state index contributed by atoms with van der Waals surface area (Å²) >= 11 is 0. The second kappa shape index (κ2) is 5.86. The van der Waals surface area contributed by atoms with Crippen LogP contribution in [0.15, 0.2) is 53.3 Å². The number of anilines is 1. The number of hydrogen-bond acceptors (Lipinski definition) is 5. The van der Waals surface area contributed by atoms with Gasteiger partial charge in [0.1, 0.15) is 30.1 Å². The van der Waals surface area contributed by atoms with Gasteiger partial charge in [-0.3, -0.25) is 28.6 Å². The lowest BCUT2D eigenvalue weighted by Crippen LogP contribution is -2.66. The van der Waals surface area contributed by atoms with Gasteiger partial charge in [0.25, 0.3) is 11.5 Å². The average Bonchev–Trinajstić information content (AvgIpc) is 3.25. The fourth-order valence-corrected chi connectivity index (χ4v) is 6.50. The molecular formula is C24H19N5O4. The number of rotatable bonds is 1. The summed E-state index contributed by atoms with van der Waals surface area (Å²) in [6.07, 6.45) is 0.394. The van der Waals surface area contributed by atoms with Gasteiger partial charge >= 0.3 is 0 Å². The van der Waals surface area contributed by atoms with Crippen molar-refractivity contribution in [1.29, 1.82) is 0 Å². The molecule has 5 aliphatic heterocycles. The Kier molecular flexibility index (Phi) is 3.29. The summed E-state index contributed by atoms with van der Waals surface area (Å²) in [5.41, 5.74) is 1.10. The van der Waals surface area contributed by atoms with E-state index in [1.54, 1.807) is 34.9 Å². The molecule has 5 aliphatic rings. The van der Waals surface area contributed by atoms with Crippen LogP contribution in [0.5, 0.6) is 0 Å². The van der Waals surface area contributed by atoms with Crippen LogP contribution in [0.2, 0.25) is 0 Å². The summed E-state index contributed by atoms with van der Waals surface area (Å²) in [5, 5.41) is 3.54. The first-order valence-electron chi connectivity index (χ1n) is 11.0. The van der Waals surface area contributed by atoms with Crippen LogP contribution in [0.1, 0.15) is 36.8 Å². The van der Waals surface area contributed by atoms with Crippen LogP contribution < -0.4 is 15.8 Å². The molecule has 2 saturated heterocycles. The Morgan fingerprint density at radius 2 is 1.85 bits per heavy atom. The third-order valence-electron chi connectivity index (χ3n) is 7.86. The van der Waals surface area contributed by atoms with Gasteiger partial charge in [0.15, 0.2) is 0 Å². The van der Waals surface area contributed by atoms with Crippen LogP contribution in [-0.4, -0.2) is 44.9 Å². The largest absolute Gasteiger partial charge is 0.343 e. The Balaban J connectivity index is 1.56. The minimum Gasteiger partial charge on any atom is -0.343 e. The Morgan fingerprint density at radius 1 is 1.09 bits per heavy atom. The lowest BCUT2D eigenvalue weighted by atomic mass is 9.64. The van der Waals surface area contributed by atoms with Crippen molar-refractivity contribution in [3.63, 3.8) is 0 Å². The van der Waals surface area contributed by atoms with Crippen molar-refractivity contribution in [3.05, 3.63) is 70.3 Å². The molecule has 0 radical (unpaired) electrons. The zero-order valence-corrected chi connectivity index (χ0v) is 17.6. The molecule has 1 N–H and O–H groups in total. The van der Waals surface area contributed by atoms with E-state index in [-0.39, 0.29) is 17.4 Å². The molecule has 0 aliphatic carbocycles. The summed E-state index contributed by atoms with van der Waals surface area (Å²) in [4.78, 5) is 60.0. The fraction of sp³-hybridized carbons (Fsp3) is 0.292. The highest BCUT2D eigenvalue weighted by molar-refractivity contribution is 6.04. The van der Waals surface area contributed by atoms with Gasteiger partial charge in [-0.1, -0.05) is 30.3 Å². The monoisotopic (exact) mass is 441 g/mol. The van der Waals surface area contributed by atoms with Gasteiger partial charge in [-0.15, -0.1) is 0 Å². The van der Waals surface area contributed by atoms with Crippen molar-refractivity contribution in [2.24, 2.45) is 0 Å². The van der Waals surface area contributed by atoms with E-state index in [9.17, 15) is 19.2 Å². The topological polar surface area (TPSA) is 105 Å².